The van der Waals surface area contributed by atoms with E-state index in [1.54, 1.807) is 0 Å². The van der Waals surface area contributed by atoms with Crippen LogP contribution in [0.1, 0.15) is 20.3 Å². The third-order valence-corrected chi connectivity index (χ3v) is 2.63. The number of nitrogens with zero attached hydrogens (tertiary/aromatic N) is 1. The molecule has 1 saturated heterocycles. The van der Waals surface area contributed by atoms with Gasteiger partial charge in [0, 0.05) is 18.6 Å². The summed E-state index contributed by atoms with van der Waals surface area (Å²) in [6.07, 6.45) is 0.458. The smallest absolute Gasteiger partial charge is 0.306 e. The number of hydrogen-bond acceptors (Lipinski definition) is 4. The van der Waals surface area contributed by atoms with E-state index >= 15 is 0 Å². The van der Waals surface area contributed by atoms with Crippen LogP contribution >= 0.6 is 0 Å². The third kappa shape index (κ3) is 2.96. The van der Waals surface area contributed by atoms with Gasteiger partial charge in [0.15, 0.2) is 0 Å². The number of ether oxygens (including phenoxy) is 2. The molecule has 1 aliphatic rings. The maximum absolute atomic E-state index is 11.0. The molecule has 82 valence electrons. The quantitative estimate of drug-likeness (QED) is 0.629. The Morgan fingerprint density at radius 1 is 1.57 bits per heavy atom. The zero-order valence-electron chi connectivity index (χ0n) is 9.21. The maximum atomic E-state index is 11.0. The standard InChI is InChI=1S/C10H19NO3/c1-10(2)8-14-7-6-11(10)5-4-9(12)13-3/h4-8H2,1-3H3. The normalized spacial score (nSPS) is 21.9. The number of morpholine rings is 1. The highest BCUT2D eigenvalue weighted by atomic mass is 16.5. The minimum atomic E-state index is -0.146. The van der Waals surface area contributed by atoms with Gasteiger partial charge in [-0.15, -0.1) is 0 Å². The fourth-order valence-electron chi connectivity index (χ4n) is 1.63. The molecular formula is C10H19NO3. The third-order valence-electron chi connectivity index (χ3n) is 2.63. The second kappa shape index (κ2) is 4.75. The van der Waals surface area contributed by atoms with E-state index in [-0.39, 0.29) is 11.5 Å². The molecule has 4 heteroatoms. The summed E-state index contributed by atoms with van der Waals surface area (Å²) in [4.78, 5) is 13.3. The molecule has 0 aliphatic carbocycles. The van der Waals surface area contributed by atoms with Crippen LogP contribution in [0.25, 0.3) is 0 Å². The van der Waals surface area contributed by atoms with Crippen molar-refractivity contribution >= 4 is 5.97 Å². The Bertz CT molecular complexity index is 204. The number of hydrogen-bond donors (Lipinski definition) is 0. The first-order chi connectivity index (χ1) is 6.56. The summed E-state index contributed by atoms with van der Waals surface area (Å²) < 4.78 is 10.0. The van der Waals surface area contributed by atoms with Crippen molar-refractivity contribution in [3.8, 4) is 0 Å². The average molecular weight is 201 g/mol. The highest BCUT2D eigenvalue weighted by molar-refractivity contribution is 5.69. The van der Waals surface area contributed by atoms with Crippen LogP contribution in [0.5, 0.6) is 0 Å². The molecule has 0 aromatic carbocycles. The minimum absolute atomic E-state index is 0.0340. The van der Waals surface area contributed by atoms with Crippen LogP contribution < -0.4 is 0 Å². The molecule has 0 aromatic heterocycles. The van der Waals surface area contributed by atoms with Crippen molar-refractivity contribution in [1.82, 2.24) is 4.90 Å². The van der Waals surface area contributed by atoms with E-state index in [0.717, 1.165) is 26.3 Å². The lowest BCUT2D eigenvalue weighted by Crippen LogP contribution is -2.53. The van der Waals surface area contributed by atoms with Gasteiger partial charge >= 0.3 is 5.97 Å². The maximum Gasteiger partial charge on any atom is 0.306 e. The lowest BCUT2D eigenvalue weighted by Gasteiger charge is -2.41. The highest BCUT2D eigenvalue weighted by Gasteiger charge is 2.30. The molecule has 0 saturated carbocycles. The monoisotopic (exact) mass is 201 g/mol. The van der Waals surface area contributed by atoms with E-state index < -0.39 is 0 Å². The Labute approximate surface area is 85.2 Å². The van der Waals surface area contributed by atoms with Crippen molar-refractivity contribution in [2.45, 2.75) is 25.8 Å². The summed E-state index contributed by atoms with van der Waals surface area (Å²) in [6.45, 7) is 7.39. The van der Waals surface area contributed by atoms with Crippen LogP contribution in [0.3, 0.4) is 0 Å². The van der Waals surface area contributed by atoms with Crippen molar-refractivity contribution in [1.29, 1.82) is 0 Å². The second-order valence-corrected chi connectivity index (χ2v) is 4.18. The van der Waals surface area contributed by atoms with E-state index in [2.05, 4.69) is 23.5 Å². The van der Waals surface area contributed by atoms with Gasteiger partial charge in [0.2, 0.25) is 0 Å². The van der Waals surface area contributed by atoms with Crippen molar-refractivity contribution < 1.29 is 14.3 Å². The van der Waals surface area contributed by atoms with Gasteiger partial charge in [-0.2, -0.15) is 0 Å². The predicted molar refractivity (Wildman–Crippen MR) is 53.1 cm³/mol. The molecule has 1 aliphatic heterocycles. The number of rotatable bonds is 3. The zero-order chi connectivity index (χ0) is 10.6. The first kappa shape index (κ1) is 11.5. The van der Waals surface area contributed by atoms with E-state index in [1.165, 1.54) is 7.11 Å². The highest BCUT2D eigenvalue weighted by Crippen LogP contribution is 2.18. The second-order valence-electron chi connectivity index (χ2n) is 4.18. The molecule has 14 heavy (non-hydrogen) atoms. The molecule has 0 bridgehead atoms. The van der Waals surface area contributed by atoms with Crippen molar-refractivity contribution in [3.05, 3.63) is 0 Å². The van der Waals surface area contributed by atoms with E-state index in [4.69, 9.17) is 4.74 Å². The molecule has 1 fully saturated rings. The molecule has 1 rings (SSSR count). The fraction of sp³-hybridized carbons (Fsp3) is 0.900. The van der Waals surface area contributed by atoms with Gasteiger partial charge in [0.05, 0.1) is 26.7 Å². The van der Waals surface area contributed by atoms with Gasteiger partial charge in [0.25, 0.3) is 0 Å². The molecule has 4 nitrogen and oxygen atoms in total. The summed E-state index contributed by atoms with van der Waals surface area (Å²) in [6, 6.07) is 0. The van der Waals surface area contributed by atoms with Gasteiger partial charge in [-0.3, -0.25) is 9.69 Å². The van der Waals surface area contributed by atoms with Crippen molar-refractivity contribution in [2.24, 2.45) is 0 Å². The number of methoxy groups -OCH3 is 1. The lowest BCUT2D eigenvalue weighted by molar-refractivity contribution is -0.142. The van der Waals surface area contributed by atoms with Gasteiger partial charge in [0.1, 0.15) is 0 Å². The summed E-state index contributed by atoms with van der Waals surface area (Å²) >= 11 is 0. The first-order valence-corrected chi connectivity index (χ1v) is 4.96. The van der Waals surface area contributed by atoms with Crippen LogP contribution in [0, 0.1) is 0 Å². The number of carbonyl (C=O) groups excluding carboxylic acids is 1. The Kier molecular flexibility index (Phi) is 3.89. The largest absolute Gasteiger partial charge is 0.469 e. The van der Waals surface area contributed by atoms with Gasteiger partial charge < -0.3 is 9.47 Å². The molecule has 0 spiro atoms. The SMILES string of the molecule is COC(=O)CCN1CCOCC1(C)C. The van der Waals surface area contributed by atoms with E-state index in [9.17, 15) is 4.79 Å². The van der Waals surface area contributed by atoms with Gasteiger partial charge in [-0.25, -0.2) is 0 Å². The van der Waals surface area contributed by atoms with Crippen molar-refractivity contribution in [2.75, 3.05) is 33.4 Å². The molecule has 0 unspecified atom stereocenters. The Balaban J connectivity index is 2.38. The Morgan fingerprint density at radius 3 is 2.86 bits per heavy atom. The van der Waals surface area contributed by atoms with Gasteiger partial charge in [-0.1, -0.05) is 0 Å². The topological polar surface area (TPSA) is 38.8 Å². The molecule has 0 atom stereocenters. The Hall–Kier alpha value is -0.610. The molecule has 0 aromatic rings. The average Bonchev–Trinajstić information content (AvgIpc) is 2.15. The number of esters is 1. The molecule has 0 amide bonds. The van der Waals surface area contributed by atoms with Crippen LogP contribution in [0.4, 0.5) is 0 Å². The van der Waals surface area contributed by atoms with Crippen LogP contribution in [0.2, 0.25) is 0 Å². The summed E-state index contributed by atoms with van der Waals surface area (Å²) in [5.41, 5.74) is 0.0340. The zero-order valence-corrected chi connectivity index (χ0v) is 9.21. The van der Waals surface area contributed by atoms with E-state index in [0.29, 0.717) is 6.42 Å². The number of carbonyl (C=O) groups is 1. The minimum Gasteiger partial charge on any atom is -0.469 e. The van der Waals surface area contributed by atoms with Crippen LogP contribution in [-0.2, 0) is 14.3 Å². The first-order valence-electron chi connectivity index (χ1n) is 4.96. The fourth-order valence-corrected chi connectivity index (χ4v) is 1.63. The summed E-state index contributed by atoms with van der Waals surface area (Å²) in [7, 11) is 1.42. The molecule has 1 heterocycles. The summed E-state index contributed by atoms with van der Waals surface area (Å²) in [5, 5.41) is 0. The summed E-state index contributed by atoms with van der Waals surface area (Å²) in [5.74, 6) is -0.146. The van der Waals surface area contributed by atoms with Gasteiger partial charge in [-0.05, 0) is 13.8 Å². The molecular weight excluding hydrogens is 182 g/mol. The van der Waals surface area contributed by atoms with Crippen LogP contribution in [-0.4, -0.2) is 49.8 Å². The molecule has 0 N–H and O–H groups in total. The lowest BCUT2D eigenvalue weighted by atomic mass is 10.0. The predicted octanol–water partition coefficient (Wildman–Crippen LogP) is 0.660. The van der Waals surface area contributed by atoms with Crippen LogP contribution in [0.15, 0.2) is 0 Å². The van der Waals surface area contributed by atoms with E-state index in [1.807, 2.05) is 0 Å². The molecule has 0 radical (unpaired) electrons. The Morgan fingerprint density at radius 2 is 2.29 bits per heavy atom. The van der Waals surface area contributed by atoms with Crippen molar-refractivity contribution in [3.63, 3.8) is 0 Å².